The first-order valence-electron chi connectivity index (χ1n) is 8.07. The number of para-hydroxylation sites is 2. The monoisotopic (exact) mass is 364 g/mol. The van der Waals surface area contributed by atoms with Gasteiger partial charge in [0, 0.05) is 19.9 Å². The molecule has 1 aromatic carbocycles. The van der Waals surface area contributed by atoms with Crippen LogP contribution in [0.25, 0.3) is 0 Å². The van der Waals surface area contributed by atoms with Gasteiger partial charge in [0.15, 0.2) is 11.5 Å². The summed E-state index contributed by atoms with van der Waals surface area (Å²) in [6.07, 6.45) is 2.02. The van der Waals surface area contributed by atoms with E-state index in [0.29, 0.717) is 0 Å². The second-order valence-electron chi connectivity index (χ2n) is 5.67. The molecule has 0 bridgehead atoms. The highest BCUT2D eigenvalue weighted by atomic mass is 35.5. The first-order chi connectivity index (χ1) is 10.2. The number of benzene rings is 1. The zero-order chi connectivity index (χ0) is 15.1. The van der Waals surface area contributed by atoms with Gasteiger partial charge in [-0.3, -0.25) is 0 Å². The van der Waals surface area contributed by atoms with Crippen molar-refractivity contribution >= 4 is 24.8 Å². The van der Waals surface area contributed by atoms with Crippen LogP contribution in [0, 0.1) is 0 Å². The third kappa shape index (κ3) is 6.76. The summed E-state index contributed by atoms with van der Waals surface area (Å²) in [5.74, 6) is 1.17. The molecule has 0 atom stereocenters. The van der Waals surface area contributed by atoms with Crippen LogP contribution >= 0.6 is 24.8 Å². The average molecular weight is 365 g/mol. The summed E-state index contributed by atoms with van der Waals surface area (Å²) >= 11 is 0. The quantitative estimate of drug-likeness (QED) is 0.676. The van der Waals surface area contributed by atoms with Crippen molar-refractivity contribution in [3.05, 3.63) is 24.3 Å². The molecule has 0 aromatic heterocycles. The Morgan fingerprint density at radius 3 is 2.09 bits per heavy atom. The van der Waals surface area contributed by atoms with Gasteiger partial charge in [-0.2, -0.15) is 0 Å². The summed E-state index contributed by atoms with van der Waals surface area (Å²) in [6.45, 7) is 11.8. The third-order valence-electron chi connectivity index (χ3n) is 3.98. The number of hydrogen-bond acceptors (Lipinski definition) is 4. The molecule has 0 spiro atoms. The Morgan fingerprint density at radius 1 is 1.00 bits per heavy atom. The summed E-state index contributed by atoms with van der Waals surface area (Å²) in [5.41, 5.74) is 0. The summed E-state index contributed by atoms with van der Waals surface area (Å²) in [7, 11) is 0. The van der Waals surface area contributed by atoms with Gasteiger partial charge in [-0.1, -0.05) is 26.0 Å². The van der Waals surface area contributed by atoms with Crippen LogP contribution in [0.1, 0.15) is 33.6 Å². The Bertz CT molecular complexity index is 417. The molecule has 1 aromatic rings. The van der Waals surface area contributed by atoms with Gasteiger partial charge in [-0.15, -0.1) is 24.8 Å². The molecule has 0 saturated heterocycles. The molecule has 1 aliphatic rings. The number of hydrogen-bond donors (Lipinski definition) is 1. The molecule has 1 N–H and O–H groups in total. The number of nitrogens with zero attached hydrogens (tertiary/aromatic N) is 1. The molecule has 4 nitrogen and oxygen atoms in total. The molecule has 134 valence electrons. The van der Waals surface area contributed by atoms with Gasteiger partial charge in [0.1, 0.15) is 0 Å². The van der Waals surface area contributed by atoms with Crippen molar-refractivity contribution in [1.29, 1.82) is 0 Å². The first-order valence-corrected chi connectivity index (χ1v) is 8.07. The lowest BCUT2D eigenvalue weighted by Crippen LogP contribution is -2.38. The average Bonchev–Trinajstić information content (AvgIpc) is 2.83. The lowest BCUT2D eigenvalue weighted by molar-refractivity contribution is -0.0672. The number of fused-ring (bicyclic) bond motifs is 1. The van der Waals surface area contributed by atoms with Gasteiger partial charge >= 0.3 is 0 Å². The highest BCUT2D eigenvalue weighted by Crippen LogP contribution is 2.39. The van der Waals surface area contributed by atoms with E-state index < -0.39 is 5.79 Å². The van der Waals surface area contributed by atoms with Crippen LogP contribution < -0.4 is 14.8 Å². The van der Waals surface area contributed by atoms with Gasteiger partial charge in [-0.25, -0.2) is 0 Å². The van der Waals surface area contributed by atoms with Crippen molar-refractivity contribution in [1.82, 2.24) is 10.2 Å². The largest absolute Gasteiger partial charge is 0.449 e. The van der Waals surface area contributed by atoms with Gasteiger partial charge in [0.05, 0.1) is 0 Å². The van der Waals surface area contributed by atoms with E-state index in [2.05, 4.69) is 24.1 Å². The van der Waals surface area contributed by atoms with E-state index >= 15 is 0 Å². The van der Waals surface area contributed by atoms with E-state index in [1.807, 2.05) is 31.2 Å². The van der Waals surface area contributed by atoms with E-state index in [4.69, 9.17) is 9.47 Å². The Balaban J connectivity index is 0.00000242. The molecule has 0 amide bonds. The summed E-state index contributed by atoms with van der Waals surface area (Å²) in [6, 6.07) is 7.86. The summed E-state index contributed by atoms with van der Waals surface area (Å²) in [5, 5.41) is 3.48. The second-order valence-corrected chi connectivity index (χ2v) is 5.67. The van der Waals surface area contributed by atoms with Crippen LogP contribution in [0.3, 0.4) is 0 Å². The van der Waals surface area contributed by atoms with Gasteiger partial charge in [0.25, 0.3) is 0 Å². The van der Waals surface area contributed by atoms with Gasteiger partial charge in [-0.05, 0) is 44.7 Å². The zero-order valence-electron chi connectivity index (χ0n) is 14.3. The smallest absolute Gasteiger partial charge is 0.250 e. The Hall–Kier alpha value is -0.680. The zero-order valence-corrected chi connectivity index (χ0v) is 16.0. The number of halogens is 2. The molecule has 6 heteroatoms. The van der Waals surface area contributed by atoms with Gasteiger partial charge < -0.3 is 19.7 Å². The molecule has 0 fully saturated rings. The predicted octanol–water partition coefficient (Wildman–Crippen LogP) is 3.73. The van der Waals surface area contributed by atoms with Crippen LogP contribution in [0.15, 0.2) is 24.3 Å². The van der Waals surface area contributed by atoms with E-state index in [0.717, 1.165) is 50.6 Å². The molecule has 23 heavy (non-hydrogen) atoms. The molecular weight excluding hydrogens is 335 g/mol. The van der Waals surface area contributed by atoms with E-state index in [1.54, 1.807) is 0 Å². The molecular formula is C17H30Cl2N2O2. The van der Waals surface area contributed by atoms with Crippen molar-refractivity contribution in [3.8, 4) is 11.5 Å². The minimum absolute atomic E-state index is 0. The topological polar surface area (TPSA) is 33.7 Å². The van der Waals surface area contributed by atoms with Crippen molar-refractivity contribution in [2.24, 2.45) is 0 Å². The molecule has 0 unspecified atom stereocenters. The number of ether oxygens (including phenoxy) is 2. The number of nitrogens with one attached hydrogen (secondary N) is 1. The second kappa shape index (κ2) is 11.0. The SMILES string of the molecule is CCN(CC)CCCNCCC1(C)Oc2ccccc2O1.Cl.Cl. The molecule has 1 aliphatic heterocycles. The standard InChI is InChI=1S/C17H28N2O2.2ClH/c1-4-19(5-2)14-8-12-18-13-11-17(3)20-15-9-6-7-10-16(15)21-17;;/h6-7,9-10,18H,4-5,8,11-14H2,1-3H3;2*1H. The van der Waals surface area contributed by atoms with Crippen LogP contribution in [0.5, 0.6) is 11.5 Å². The fourth-order valence-electron chi connectivity index (χ4n) is 2.61. The summed E-state index contributed by atoms with van der Waals surface area (Å²) < 4.78 is 11.8. The fourth-order valence-corrected chi connectivity index (χ4v) is 2.61. The highest BCUT2D eigenvalue weighted by Gasteiger charge is 2.35. The molecule has 0 aliphatic carbocycles. The van der Waals surface area contributed by atoms with E-state index in [9.17, 15) is 0 Å². The van der Waals surface area contributed by atoms with E-state index in [1.165, 1.54) is 6.42 Å². The Labute approximate surface area is 152 Å². The normalized spacial score (nSPS) is 14.3. The maximum atomic E-state index is 5.90. The predicted molar refractivity (Wildman–Crippen MR) is 100 cm³/mol. The molecule has 2 rings (SSSR count). The van der Waals surface area contributed by atoms with Crippen molar-refractivity contribution in [2.75, 3.05) is 32.7 Å². The maximum absolute atomic E-state index is 5.90. The van der Waals surface area contributed by atoms with Crippen molar-refractivity contribution in [3.63, 3.8) is 0 Å². The minimum atomic E-state index is -0.532. The van der Waals surface area contributed by atoms with Gasteiger partial charge in [0.2, 0.25) is 5.79 Å². The van der Waals surface area contributed by atoms with Crippen molar-refractivity contribution < 1.29 is 9.47 Å². The van der Waals surface area contributed by atoms with Crippen LogP contribution in [0.4, 0.5) is 0 Å². The Kier molecular flexibility index (Phi) is 10.7. The Morgan fingerprint density at radius 2 is 1.57 bits per heavy atom. The van der Waals surface area contributed by atoms with Crippen molar-refractivity contribution in [2.45, 2.75) is 39.4 Å². The molecule has 0 radical (unpaired) electrons. The first kappa shape index (κ1) is 22.3. The van der Waals surface area contributed by atoms with Crippen LogP contribution in [0.2, 0.25) is 0 Å². The maximum Gasteiger partial charge on any atom is 0.250 e. The highest BCUT2D eigenvalue weighted by molar-refractivity contribution is 5.85. The third-order valence-corrected chi connectivity index (χ3v) is 3.98. The molecule has 1 heterocycles. The fraction of sp³-hybridized carbons (Fsp3) is 0.647. The van der Waals surface area contributed by atoms with E-state index in [-0.39, 0.29) is 24.8 Å². The summed E-state index contributed by atoms with van der Waals surface area (Å²) in [4.78, 5) is 2.45. The lowest BCUT2D eigenvalue weighted by atomic mass is 10.2. The number of rotatable bonds is 9. The lowest BCUT2D eigenvalue weighted by Gasteiger charge is -2.23. The molecule has 0 saturated carbocycles. The minimum Gasteiger partial charge on any atom is -0.449 e. The van der Waals surface area contributed by atoms with Crippen LogP contribution in [-0.2, 0) is 0 Å². The van der Waals surface area contributed by atoms with Crippen LogP contribution in [-0.4, -0.2) is 43.4 Å².